The molecule has 0 spiro atoms. The Balaban J connectivity index is 1.34. The van der Waals surface area contributed by atoms with Crippen molar-refractivity contribution in [2.24, 2.45) is 0 Å². The van der Waals surface area contributed by atoms with Crippen LogP contribution in [-0.4, -0.2) is 21.8 Å². The van der Waals surface area contributed by atoms with Crippen LogP contribution in [0.3, 0.4) is 0 Å². The minimum Gasteiger partial charge on any atom is -0.348 e. The van der Waals surface area contributed by atoms with Crippen molar-refractivity contribution in [1.82, 2.24) is 15.3 Å². The van der Waals surface area contributed by atoms with Crippen molar-refractivity contribution in [2.45, 2.75) is 6.54 Å². The molecule has 2 amide bonds. The molecule has 1 aromatic heterocycles. The second-order valence-corrected chi connectivity index (χ2v) is 7.00. The van der Waals surface area contributed by atoms with Crippen molar-refractivity contribution >= 4 is 34.6 Å². The summed E-state index contributed by atoms with van der Waals surface area (Å²) < 4.78 is 13.0. The number of fused-ring (bicyclic) bond motifs is 1. The third-order valence-corrected chi connectivity index (χ3v) is 4.63. The number of carbonyl (C=O) groups is 2. The molecule has 0 fully saturated rings. The summed E-state index contributed by atoms with van der Waals surface area (Å²) in [6.07, 6.45) is 4.62. The summed E-state index contributed by atoms with van der Waals surface area (Å²) in [5, 5.41) is 5.56. The van der Waals surface area contributed by atoms with Gasteiger partial charge in [-0.1, -0.05) is 24.3 Å². The molecule has 0 saturated heterocycles. The predicted octanol–water partition coefficient (Wildman–Crippen LogP) is 4.35. The van der Waals surface area contributed by atoms with Gasteiger partial charge in [0, 0.05) is 23.9 Å². The highest BCUT2D eigenvalue weighted by molar-refractivity contribution is 6.04. The van der Waals surface area contributed by atoms with Crippen LogP contribution in [0.5, 0.6) is 0 Å². The maximum Gasteiger partial charge on any atom is 0.255 e. The fraction of sp³-hybridized carbons (Fsp3) is 0.0400. The first-order valence-electron chi connectivity index (χ1n) is 9.90. The van der Waals surface area contributed by atoms with E-state index in [0.717, 1.165) is 16.6 Å². The monoisotopic (exact) mass is 426 g/mol. The zero-order valence-corrected chi connectivity index (χ0v) is 17.0. The van der Waals surface area contributed by atoms with Gasteiger partial charge in [0.05, 0.1) is 22.9 Å². The van der Waals surface area contributed by atoms with Crippen LogP contribution in [0.1, 0.15) is 21.6 Å². The molecule has 32 heavy (non-hydrogen) atoms. The topological polar surface area (TPSA) is 84.0 Å². The third kappa shape index (κ3) is 5.40. The molecule has 4 rings (SSSR count). The number of rotatable bonds is 6. The summed E-state index contributed by atoms with van der Waals surface area (Å²) >= 11 is 0. The minimum absolute atomic E-state index is 0.277. The summed E-state index contributed by atoms with van der Waals surface area (Å²) in [6.45, 7) is 0.285. The van der Waals surface area contributed by atoms with Crippen LogP contribution in [0, 0.1) is 5.82 Å². The maximum atomic E-state index is 13.0. The van der Waals surface area contributed by atoms with Gasteiger partial charge >= 0.3 is 0 Å². The Labute approximate surface area is 183 Å². The molecule has 7 heteroatoms. The SMILES string of the molecule is O=C(C=Cc1cnc2ccccc2n1)NCc1cccc(NC(=O)c2ccc(F)cc2)c1. The Bertz CT molecular complexity index is 1300. The number of hydrogen-bond acceptors (Lipinski definition) is 4. The molecule has 0 aliphatic heterocycles. The Morgan fingerprint density at radius 1 is 0.938 bits per heavy atom. The van der Waals surface area contributed by atoms with Crippen molar-refractivity contribution in [3.63, 3.8) is 0 Å². The predicted molar refractivity (Wildman–Crippen MR) is 121 cm³/mol. The molecule has 0 unspecified atom stereocenters. The van der Waals surface area contributed by atoms with Gasteiger partial charge in [-0.25, -0.2) is 9.37 Å². The van der Waals surface area contributed by atoms with Gasteiger partial charge in [-0.2, -0.15) is 0 Å². The number of hydrogen-bond donors (Lipinski definition) is 2. The van der Waals surface area contributed by atoms with Crippen LogP contribution in [0.4, 0.5) is 10.1 Å². The average Bonchev–Trinajstić information content (AvgIpc) is 2.82. The van der Waals surface area contributed by atoms with E-state index in [1.54, 1.807) is 30.5 Å². The highest BCUT2D eigenvalue weighted by Gasteiger charge is 2.07. The number of aromatic nitrogens is 2. The summed E-state index contributed by atoms with van der Waals surface area (Å²) in [7, 11) is 0. The molecule has 0 aliphatic carbocycles. The fourth-order valence-electron chi connectivity index (χ4n) is 3.02. The largest absolute Gasteiger partial charge is 0.348 e. The van der Waals surface area contributed by atoms with Gasteiger partial charge < -0.3 is 10.6 Å². The first kappa shape index (κ1) is 20.9. The standard InChI is InChI=1S/C25H19FN4O2/c26-19-10-8-18(9-11-19)25(32)30-20-5-3-4-17(14-20)15-28-24(31)13-12-21-16-27-22-6-1-2-7-23(22)29-21/h1-14,16H,15H2,(H,28,31)(H,30,32). The van der Waals surface area contributed by atoms with Gasteiger partial charge in [0.2, 0.25) is 5.91 Å². The van der Waals surface area contributed by atoms with Crippen LogP contribution >= 0.6 is 0 Å². The molecule has 158 valence electrons. The summed E-state index contributed by atoms with van der Waals surface area (Å²) in [5.41, 5.74) is 3.88. The zero-order valence-electron chi connectivity index (χ0n) is 17.0. The lowest BCUT2D eigenvalue weighted by atomic mass is 10.1. The van der Waals surface area contributed by atoms with Crippen LogP contribution in [-0.2, 0) is 11.3 Å². The molecule has 0 radical (unpaired) electrons. The first-order chi connectivity index (χ1) is 15.6. The van der Waals surface area contributed by atoms with E-state index < -0.39 is 5.82 Å². The van der Waals surface area contributed by atoms with Crippen LogP contribution in [0.25, 0.3) is 17.1 Å². The van der Waals surface area contributed by atoms with E-state index in [1.165, 1.54) is 30.3 Å². The highest BCUT2D eigenvalue weighted by Crippen LogP contribution is 2.13. The second kappa shape index (κ2) is 9.61. The Morgan fingerprint density at radius 3 is 2.53 bits per heavy atom. The number of carbonyl (C=O) groups excluding carboxylic acids is 2. The Morgan fingerprint density at radius 2 is 1.72 bits per heavy atom. The highest BCUT2D eigenvalue weighted by atomic mass is 19.1. The number of nitrogens with one attached hydrogen (secondary N) is 2. The Kier molecular flexibility index (Phi) is 6.27. The summed E-state index contributed by atoms with van der Waals surface area (Å²) in [4.78, 5) is 33.2. The minimum atomic E-state index is -0.402. The quantitative estimate of drug-likeness (QED) is 0.449. The number of amides is 2. The van der Waals surface area contributed by atoms with Crippen molar-refractivity contribution in [3.8, 4) is 0 Å². The van der Waals surface area contributed by atoms with Gasteiger partial charge in [-0.05, 0) is 60.2 Å². The zero-order chi connectivity index (χ0) is 22.3. The number of benzene rings is 3. The van der Waals surface area contributed by atoms with Gasteiger partial charge in [-0.3, -0.25) is 14.6 Å². The molecule has 3 aromatic carbocycles. The molecular weight excluding hydrogens is 407 g/mol. The molecule has 6 nitrogen and oxygen atoms in total. The van der Waals surface area contributed by atoms with E-state index in [9.17, 15) is 14.0 Å². The lowest BCUT2D eigenvalue weighted by Gasteiger charge is -2.08. The molecule has 4 aromatic rings. The van der Waals surface area contributed by atoms with Crippen molar-refractivity contribution in [2.75, 3.05) is 5.32 Å². The molecule has 0 saturated carbocycles. The van der Waals surface area contributed by atoms with Crippen molar-refractivity contribution < 1.29 is 14.0 Å². The summed E-state index contributed by atoms with van der Waals surface area (Å²) in [6, 6.07) is 19.9. The van der Waals surface area contributed by atoms with Gasteiger partial charge in [-0.15, -0.1) is 0 Å². The molecule has 2 N–H and O–H groups in total. The molecule has 0 atom stereocenters. The van der Waals surface area contributed by atoms with Crippen LogP contribution in [0.15, 0.2) is 85.1 Å². The van der Waals surface area contributed by atoms with Crippen molar-refractivity contribution in [1.29, 1.82) is 0 Å². The molecular formula is C25H19FN4O2. The number of halogens is 1. The molecule has 1 heterocycles. The smallest absolute Gasteiger partial charge is 0.255 e. The van der Waals surface area contributed by atoms with Crippen LogP contribution < -0.4 is 10.6 Å². The average molecular weight is 426 g/mol. The van der Waals surface area contributed by atoms with E-state index in [4.69, 9.17) is 0 Å². The molecule has 0 aliphatic rings. The van der Waals surface area contributed by atoms with Gasteiger partial charge in [0.1, 0.15) is 5.82 Å². The fourth-order valence-corrected chi connectivity index (χ4v) is 3.02. The third-order valence-electron chi connectivity index (χ3n) is 4.63. The van der Waals surface area contributed by atoms with E-state index >= 15 is 0 Å². The number of para-hydroxylation sites is 2. The van der Waals surface area contributed by atoms with E-state index in [-0.39, 0.29) is 18.4 Å². The maximum absolute atomic E-state index is 13.0. The lowest BCUT2D eigenvalue weighted by Crippen LogP contribution is -2.20. The number of anilines is 1. The molecule has 0 bridgehead atoms. The van der Waals surface area contributed by atoms with E-state index in [0.29, 0.717) is 16.9 Å². The van der Waals surface area contributed by atoms with E-state index in [2.05, 4.69) is 20.6 Å². The van der Waals surface area contributed by atoms with Gasteiger partial charge in [0.15, 0.2) is 0 Å². The van der Waals surface area contributed by atoms with E-state index in [1.807, 2.05) is 30.3 Å². The van der Waals surface area contributed by atoms with Crippen LogP contribution in [0.2, 0.25) is 0 Å². The Hall–Kier alpha value is -4.39. The number of nitrogens with zero attached hydrogens (tertiary/aromatic N) is 2. The second-order valence-electron chi connectivity index (χ2n) is 7.00. The van der Waals surface area contributed by atoms with Crippen molar-refractivity contribution in [3.05, 3.63) is 108 Å². The lowest BCUT2D eigenvalue weighted by molar-refractivity contribution is -0.116. The van der Waals surface area contributed by atoms with Gasteiger partial charge in [0.25, 0.3) is 5.91 Å². The summed E-state index contributed by atoms with van der Waals surface area (Å²) in [5.74, 6) is -1.02. The first-order valence-corrected chi connectivity index (χ1v) is 9.90. The normalized spacial score (nSPS) is 10.9.